The van der Waals surface area contributed by atoms with Crippen LogP contribution in [-0.2, 0) is 11.4 Å². The lowest BCUT2D eigenvalue weighted by Crippen LogP contribution is -2.27. The Morgan fingerprint density at radius 3 is 2.58 bits per heavy atom. The molecule has 4 aromatic carbocycles. The molecule has 1 fully saturated rings. The molecule has 0 aromatic heterocycles. The van der Waals surface area contributed by atoms with Crippen LogP contribution in [0.5, 0.6) is 11.5 Å². The quantitative estimate of drug-likeness (QED) is 0.178. The summed E-state index contributed by atoms with van der Waals surface area (Å²) in [7, 11) is 1.59. The number of methoxy groups -OCH3 is 1. The molecule has 4 nitrogen and oxygen atoms in total. The van der Waals surface area contributed by atoms with Gasteiger partial charge in [-0.05, 0) is 58.3 Å². The predicted molar refractivity (Wildman–Crippen MR) is 153 cm³/mol. The van der Waals surface area contributed by atoms with Gasteiger partial charge in [-0.25, -0.2) is 0 Å². The average molecular weight is 553 g/mol. The number of rotatable bonds is 6. The Kier molecular flexibility index (Phi) is 7.21. The summed E-state index contributed by atoms with van der Waals surface area (Å²) < 4.78 is 12.1. The summed E-state index contributed by atoms with van der Waals surface area (Å²) in [5.41, 5.74) is 2.37. The van der Waals surface area contributed by atoms with Crippen LogP contribution in [0.4, 0.5) is 5.69 Å². The first-order chi connectivity index (χ1) is 17.4. The molecule has 36 heavy (non-hydrogen) atoms. The van der Waals surface area contributed by atoms with Crippen LogP contribution in [0.25, 0.3) is 16.8 Å². The highest BCUT2D eigenvalue weighted by Crippen LogP contribution is 2.40. The maximum absolute atomic E-state index is 13.1. The second kappa shape index (κ2) is 10.5. The summed E-state index contributed by atoms with van der Waals surface area (Å²) >= 11 is 19.0. The van der Waals surface area contributed by atoms with E-state index in [1.807, 2.05) is 36.4 Å². The summed E-state index contributed by atoms with van der Waals surface area (Å²) in [6.07, 6.45) is 1.78. The minimum absolute atomic E-state index is 0.246. The van der Waals surface area contributed by atoms with Crippen LogP contribution in [0.2, 0.25) is 10.0 Å². The van der Waals surface area contributed by atoms with Crippen molar-refractivity contribution >= 4 is 79.9 Å². The van der Waals surface area contributed by atoms with Gasteiger partial charge < -0.3 is 9.47 Å². The molecule has 1 amide bonds. The Morgan fingerprint density at radius 1 is 0.972 bits per heavy atom. The van der Waals surface area contributed by atoms with Gasteiger partial charge in [-0.2, -0.15) is 0 Å². The number of ether oxygens (including phenoxy) is 2. The zero-order valence-corrected chi connectivity index (χ0v) is 22.2. The molecule has 0 radical (unpaired) electrons. The van der Waals surface area contributed by atoms with E-state index in [4.69, 9.17) is 44.9 Å². The molecule has 0 aliphatic carbocycles. The maximum Gasteiger partial charge on any atom is 0.270 e. The molecule has 0 spiro atoms. The van der Waals surface area contributed by atoms with E-state index in [1.54, 1.807) is 31.4 Å². The molecule has 0 saturated carbocycles. The smallest absolute Gasteiger partial charge is 0.270 e. The molecule has 0 atom stereocenters. The topological polar surface area (TPSA) is 38.8 Å². The number of fused-ring (bicyclic) bond motifs is 1. The zero-order valence-electron chi connectivity index (χ0n) is 19.0. The number of hydrogen-bond acceptors (Lipinski definition) is 5. The molecule has 5 rings (SSSR count). The number of halogens is 2. The number of carbonyl (C=O) groups is 1. The minimum atomic E-state index is -0.246. The fourth-order valence-corrected chi connectivity index (χ4v) is 5.73. The maximum atomic E-state index is 13.1. The Hall–Kier alpha value is -3.03. The molecule has 180 valence electrons. The van der Waals surface area contributed by atoms with Crippen molar-refractivity contribution in [1.82, 2.24) is 0 Å². The highest BCUT2D eigenvalue weighted by atomic mass is 35.5. The summed E-state index contributed by atoms with van der Waals surface area (Å²) in [5.74, 6) is 0.938. The van der Waals surface area contributed by atoms with E-state index in [-0.39, 0.29) is 5.91 Å². The van der Waals surface area contributed by atoms with Crippen LogP contribution < -0.4 is 14.4 Å². The number of anilines is 1. The van der Waals surface area contributed by atoms with E-state index in [2.05, 4.69) is 24.3 Å². The summed E-state index contributed by atoms with van der Waals surface area (Å²) in [4.78, 5) is 15.1. The van der Waals surface area contributed by atoms with Crippen molar-refractivity contribution in [2.45, 2.75) is 6.61 Å². The highest BCUT2D eigenvalue weighted by Gasteiger charge is 2.34. The monoisotopic (exact) mass is 551 g/mol. The second-order valence-corrected chi connectivity index (χ2v) is 10.5. The molecule has 1 aliphatic heterocycles. The molecular formula is C28H19Cl2NO3S2. The normalized spacial score (nSPS) is 14.6. The Bertz CT molecular complexity index is 1530. The first-order valence-corrected chi connectivity index (χ1v) is 12.9. The van der Waals surface area contributed by atoms with Crippen LogP contribution in [0.3, 0.4) is 0 Å². The van der Waals surface area contributed by atoms with Crippen LogP contribution in [-0.4, -0.2) is 17.3 Å². The van der Waals surface area contributed by atoms with Gasteiger partial charge in [-0.1, -0.05) is 95.7 Å². The molecule has 0 unspecified atom stereocenters. The van der Waals surface area contributed by atoms with Gasteiger partial charge in [0.05, 0.1) is 22.7 Å². The molecule has 8 heteroatoms. The fourth-order valence-electron chi connectivity index (χ4n) is 3.96. The third-order valence-electron chi connectivity index (χ3n) is 5.69. The van der Waals surface area contributed by atoms with Gasteiger partial charge >= 0.3 is 0 Å². The third kappa shape index (κ3) is 4.95. The lowest BCUT2D eigenvalue weighted by molar-refractivity contribution is -0.113. The first-order valence-electron chi connectivity index (χ1n) is 10.9. The number of carbonyl (C=O) groups excluding carboxylic acids is 1. The number of hydrogen-bond donors (Lipinski definition) is 0. The number of amides is 1. The third-order valence-corrected chi connectivity index (χ3v) is 7.53. The average Bonchev–Trinajstić information content (AvgIpc) is 3.15. The van der Waals surface area contributed by atoms with Gasteiger partial charge in [0.2, 0.25) is 0 Å². The number of thiocarbonyl (C=S) groups is 1. The summed E-state index contributed by atoms with van der Waals surface area (Å²) in [6.45, 7) is 0.400. The van der Waals surface area contributed by atoms with Crippen molar-refractivity contribution in [3.05, 3.63) is 105 Å². The molecular weight excluding hydrogens is 533 g/mol. The van der Waals surface area contributed by atoms with E-state index in [9.17, 15) is 4.79 Å². The zero-order chi connectivity index (χ0) is 25.2. The summed E-state index contributed by atoms with van der Waals surface area (Å²) in [6, 6.07) is 24.9. The van der Waals surface area contributed by atoms with Crippen LogP contribution in [0.15, 0.2) is 83.8 Å². The summed E-state index contributed by atoms with van der Waals surface area (Å²) in [5, 5.41) is 3.16. The van der Waals surface area contributed by atoms with Gasteiger partial charge in [0.25, 0.3) is 5.91 Å². The van der Waals surface area contributed by atoms with Gasteiger partial charge in [0, 0.05) is 5.02 Å². The first kappa shape index (κ1) is 24.7. The van der Waals surface area contributed by atoms with Crippen LogP contribution in [0, 0.1) is 0 Å². The van der Waals surface area contributed by atoms with Crippen LogP contribution >= 0.6 is 47.2 Å². The number of thioether (sulfide) groups is 1. The molecule has 0 N–H and O–H groups in total. The number of benzene rings is 4. The Morgan fingerprint density at radius 2 is 1.78 bits per heavy atom. The minimum Gasteiger partial charge on any atom is -0.493 e. The van der Waals surface area contributed by atoms with Crippen molar-refractivity contribution in [2.75, 3.05) is 12.0 Å². The van der Waals surface area contributed by atoms with Crippen molar-refractivity contribution in [3.63, 3.8) is 0 Å². The second-order valence-electron chi connectivity index (χ2n) is 7.95. The van der Waals surface area contributed by atoms with Gasteiger partial charge in [-0.3, -0.25) is 9.69 Å². The Labute approximate surface area is 228 Å². The lowest BCUT2D eigenvalue weighted by Gasteiger charge is -2.16. The Balaban J connectivity index is 1.37. The van der Waals surface area contributed by atoms with Crippen molar-refractivity contribution in [1.29, 1.82) is 0 Å². The van der Waals surface area contributed by atoms with Gasteiger partial charge in [-0.15, -0.1) is 0 Å². The predicted octanol–water partition coefficient (Wildman–Crippen LogP) is 8.14. The van der Waals surface area contributed by atoms with E-state index >= 15 is 0 Å². The van der Waals surface area contributed by atoms with E-state index in [0.29, 0.717) is 43.1 Å². The fraction of sp³-hybridized carbons (Fsp3) is 0.0714. The van der Waals surface area contributed by atoms with Crippen LogP contribution in [0.1, 0.15) is 11.1 Å². The standard InChI is InChI=1S/C28H19Cl2NO3S2/c1-33-25-13-17(9-12-24(25)34-16-19-7-4-6-18-5-2-3-8-21(18)19)14-26-27(32)31(28(35)36-26)23-11-10-20(29)15-22(23)30/h2-15H,16H2,1H3/b26-14-. The molecule has 1 heterocycles. The lowest BCUT2D eigenvalue weighted by atomic mass is 10.1. The SMILES string of the molecule is COc1cc(/C=C2\SC(=S)N(c3ccc(Cl)cc3Cl)C2=O)ccc1OCc1cccc2ccccc12. The van der Waals surface area contributed by atoms with Crippen molar-refractivity contribution < 1.29 is 14.3 Å². The molecule has 1 aliphatic rings. The molecule has 1 saturated heterocycles. The van der Waals surface area contributed by atoms with Gasteiger partial charge in [0.15, 0.2) is 15.8 Å². The largest absolute Gasteiger partial charge is 0.493 e. The molecule has 0 bridgehead atoms. The van der Waals surface area contributed by atoms with Gasteiger partial charge in [0.1, 0.15) is 6.61 Å². The van der Waals surface area contributed by atoms with E-state index in [1.165, 1.54) is 16.7 Å². The van der Waals surface area contributed by atoms with Crippen molar-refractivity contribution in [3.8, 4) is 11.5 Å². The van der Waals surface area contributed by atoms with E-state index in [0.717, 1.165) is 21.9 Å². The van der Waals surface area contributed by atoms with E-state index < -0.39 is 0 Å². The highest BCUT2D eigenvalue weighted by molar-refractivity contribution is 8.27. The van der Waals surface area contributed by atoms with Crippen molar-refractivity contribution in [2.24, 2.45) is 0 Å². The molecule has 4 aromatic rings. The number of nitrogens with zero attached hydrogens (tertiary/aromatic N) is 1.